The minimum absolute atomic E-state index is 0.139. The van der Waals surface area contributed by atoms with Crippen LogP contribution in [0.4, 0.5) is 4.39 Å². The molecule has 0 unspecified atom stereocenters. The predicted octanol–water partition coefficient (Wildman–Crippen LogP) is 6.71. The third-order valence-corrected chi connectivity index (χ3v) is 5.97. The highest BCUT2D eigenvalue weighted by atomic mass is 127. The van der Waals surface area contributed by atoms with E-state index in [4.69, 9.17) is 16.0 Å². The van der Waals surface area contributed by atoms with Crippen LogP contribution in [0.25, 0.3) is 11.0 Å². The molecule has 0 aliphatic rings. The number of fused-ring (bicyclic) bond motifs is 1. The molecule has 0 amide bonds. The predicted molar refractivity (Wildman–Crippen MR) is 117 cm³/mol. The fourth-order valence-corrected chi connectivity index (χ4v) is 4.79. The van der Waals surface area contributed by atoms with Crippen molar-refractivity contribution >= 4 is 73.5 Å². The summed E-state index contributed by atoms with van der Waals surface area (Å²) in [4.78, 5) is 13.2. The van der Waals surface area contributed by atoms with Gasteiger partial charge in [0.15, 0.2) is 11.4 Å². The number of carbonyl (C=O) groups is 1. The molecule has 0 spiro atoms. The molecule has 3 rings (SSSR count). The number of ketones is 1. The van der Waals surface area contributed by atoms with Gasteiger partial charge in [0.05, 0.1) is 17.7 Å². The lowest BCUT2D eigenvalue weighted by Crippen LogP contribution is -2.05. The summed E-state index contributed by atoms with van der Waals surface area (Å²) in [6.45, 7) is 2.04. The van der Waals surface area contributed by atoms with Gasteiger partial charge in [-0.25, -0.2) is 4.39 Å². The maximum absolute atomic E-state index is 13.9. The number of halogens is 4. The quantitative estimate of drug-likeness (QED) is 0.262. The van der Waals surface area contributed by atoms with Gasteiger partial charge in [0.2, 0.25) is 0 Å². The number of rotatable bonds is 5. The minimum atomic E-state index is -0.519. The van der Waals surface area contributed by atoms with Gasteiger partial charge in [0.25, 0.3) is 0 Å². The smallest absolute Gasteiger partial charge is 0.197 e. The van der Waals surface area contributed by atoms with E-state index in [1.807, 2.05) is 52.1 Å². The Balaban J connectivity index is 2.23. The molecule has 1 N–H and O–H groups in total. The lowest BCUT2D eigenvalue weighted by atomic mass is 9.98. The van der Waals surface area contributed by atoms with Crippen molar-refractivity contribution in [2.75, 3.05) is 0 Å². The zero-order valence-corrected chi connectivity index (χ0v) is 18.8. The first kappa shape index (κ1) is 19.9. The minimum Gasteiger partial charge on any atom is -0.506 e. The highest BCUT2D eigenvalue weighted by Gasteiger charge is 2.25. The number of aryl methyl sites for hydroxylation is 1. The monoisotopic (exact) mass is 598 g/mol. The van der Waals surface area contributed by atoms with Gasteiger partial charge in [-0.05, 0) is 75.9 Å². The Kier molecular flexibility index (Phi) is 6.13. The van der Waals surface area contributed by atoms with Gasteiger partial charge in [-0.2, -0.15) is 0 Å². The topological polar surface area (TPSA) is 50.4 Å². The molecule has 3 aromatic rings. The summed E-state index contributed by atoms with van der Waals surface area (Å²) in [6, 6.07) is 5.69. The van der Waals surface area contributed by atoms with Crippen LogP contribution in [0.5, 0.6) is 5.75 Å². The van der Waals surface area contributed by atoms with Crippen molar-refractivity contribution in [1.29, 1.82) is 0 Å². The Morgan fingerprint density at radius 1 is 1.23 bits per heavy atom. The lowest BCUT2D eigenvalue weighted by Gasteiger charge is -2.06. The summed E-state index contributed by atoms with van der Waals surface area (Å²) in [5.74, 6) is -0.140. The standard InChI is InChI=1S/C19H14ClFI2O3/c1-2-3-4-15-16(11-7-10(21)8-12(20)19(11)26-15)17(24)9-5-13(22)18(25)14(23)6-9/h5-8,25H,2-4H2,1H3. The van der Waals surface area contributed by atoms with Gasteiger partial charge in [-0.1, -0.05) is 24.9 Å². The molecule has 136 valence electrons. The maximum Gasteiger partial charge on any atom is 0.197 e. The molecule has 3 nitrogen and oxygen atoms in total. The lowest BCUT2D eigenvalue weighted by molar-refractivity contribution is 0.103. The Morgan fingerprint density at radius 3 is 2.50 bits per heavy atom. The second-order valence-electron chi connectivity index (χ2n) is 5.89. The summed E-state index contributed by atoms with van der Waals surface area (Å²) in [5, 5.41) is 10.5. The molecular weight excluding hydrogens is 584 g/mol. The van der Waals surface area contributed by atoms with E-state index in [1.54, 1.807) is 12.1 Å². The Bertz CT molecular complexity index is 991. The third-order valence-electron chi connectivity index (χ3n) is 4.05. The fraction of sp³-hybridized carbons (Fsp3) is 0.211. The first-order valence-electron chi connectivity index (χ1n) is 7.96. The van der Waals surface area contributed by atoms with Crippen molar-refractivity contribution in [2.45, 2.75) is 26.2 Å². The van der Waals surface area contributed by atoms with Gasteiger partial charge in [0.1, 0.15) is 17.3 Å². The number of phenolic OH excluding ortho intramolecular Hbond substituents is 1. The maximum atomic E-state index is 13.9. The van der Waals surface area contributed by atoms with Gasteiger partial charge in [-0.3, -0.25) is 4.79 Å². The van der Waals surface area contributed by atoms with E-state index in [9.17, 15) is 14.3 Å². The number of phenols is 1. The van der Waals surface area contributed by atoms with Crippen molar-refractivity contribution in [3.8, 4) is 5.75 Å². The molecule has 1 heterocycles. The highest BCUT2D eigenvalue weighted by Crippen LogP contribution is 2.36. The second kappa shape index (κ2) is 8.02. The Labute approximate surface area is 182 Å². The second-order valence-corrected chi connectivity index (χ2v) is 8.62. The molecule has 0 fully saturated rings. The molecule has 2 aromatic carbocycles. The van der Waals surface area contributed by atoms with Crippen LogP contribution >= 0.6 is 56.8 Å². The molecule has 7 heteroatoms. The molecule has 26 heavy (non-hydrogen) atoms. The van der Waals surface area contributed by atoms with Crippen molar-refractivity contribution in [2.24, 2.45) is 0 Å². The third kappa shape index (κ3) is 3.73. The average Bonchev–Trinajstić information content (AvgIpc) is 2.95. The Hall–Kier alpha value is -0.870. The van der Waals surface area contributed by atoms with E-state index in [1.165, 1.54) is 12.1 Å². The van der Waals surface area contributed by atoms with E-state index in [0.717, 1.165) is 12.8 Å². The molecule has 1 aromatic heterocycles. The number of aromatic hydroxyl groups is 1. The summed E-state index contributed by atoms with van der Waals surface area (Å²) in [7, 11) is 0. The first-order valence-corrected chi connectivity index (χ1v) is 10.5. The SMILES string of the molecule is CCCCc1oc2c(Cl)cc(F)cc2c1C(=O)c1cc(I)c(O)c(I)c1. The van der Waals surface area contributed by atoms with Crippen molar-refractivity contribution < 1.29 is 18.7 Å². The van der Waals surface area contributed by atoms with Gasteiger partial charge < -0.3 is 9.52 Å². The van der Waals surface area contributed by atoms with E-state index in [-0.39, 0.29) is 16.6 Å². The van der Waals surface area contributed by atoms with E-state index in [0.29, 0.717) is 41.4 Å². The molecule has 0 aliphatic carbocycles. The van der Waals surface area contributed by atoms with Crippen molar-refractivity contribution in [3.05, 3.63) is 59.1 Å². The van der Waals surface area contributed by atoms with E-state index < -0.39 is 5.82 Å². The van der Waals surface area contributed by atoms with Crippen molar-refractivity contribution in [3.63, 3.8) is 0 Å². The summed E-state index contributed by atoms with van der Waals surface area (Å²) < 4.78 is 20.9. The van der Waals surface area contributed by atoms with Crippen LogP contribution in [0.3, 0.4) is 0 Å². The van der Waals surface area contributed by atoms with E-state index in [2.05, 4.69) is 0 Å². The first-order chi connectivity index (χ1) is 12.3. The van der Waals surface area contributed by atoms with Crippen LogP contribution in [0, 0.1) is 13.0 Å². The summed E-state index contributed by atoms with van der Waals surface area (Å²) in [5.41, 5.74) is 1.08. The van der Waals surface area contributed by atoms with Crippen LogP contribution in [0.2, 0.25) is 5.02 Å². The molecule has 0 saturated heterocycles. The zero-order valence-electron chi connectivity index (χ0n) is 13.7. The molecular formula is C19H14ClFI2O3. The van der Waals surface area contributed by atoms with Gasteiger partial charge >= 0.3 is 0 Å². The number of furan rings is 1. The van der Waals surface area contributed by atoms with Crippen LogP contribution < -0.4 is 0 Å². The van der Waals surface area contributed by atoms with Crippen molar-refractivity contribution in [1.82, 2.24) is 0 Å². The molecule has 0 atom stereocenters. The van der Waals surface area contributed by atoms with Crippen LogP contribution in [-0.2, 0) is 6.42 Å². The van der Waals surface area contributed by atoms with Crippen LogP contribution in [0.1, 0.15) is 41.4 Å². The normalized spacial score (nSPS) is 11.3. The highest BCUT2D eigenvalue weighted by molar-refractivity contribution is 14.1. The van der Waals surface area contributed by atoms with E-state index >= 15 is 0 Å². The molecule has 0 saturated carbocycles. The van der Waals surface area contributed by atoms with Crippen LogP contribution in [0.15, 0.2) is 28.7 Å². The zero-order chi connectivity index (χ0) is 19.0. The van der Waals surface area contributed by atoms with Gasteiger partial charge in [0, 0.05) is 17.4 Å². The average molecular weight is 599 g/mol. The number of hydrogen-bond acceptors (Lipinski definition) is 3. The molecule has 0 aliphatic heterocycles. The largest absolute Gasteiger partial charge is 0.506 e. The molecule has 0 radical (unpaired) electrons. The van der Waals surface area contributed by atoms with Crippen LogP contribution in [-0.4, -0.2) is 10.9 Å². The number of benzene rings is 2. The number of carbonyl (C=O) groups excluding carboxylic acids is 1. The fourth-order valence-electron chi connectivity index (χ4n) is 2.78. The van der Waals surface area contributed by atoms with Gasteiger partial charge in [-0.15, -0.1) is 0 Å². The molecule has 0 bridgehead atoms. The number of unbranched alkanes of at least 4 members (excludes halogenated alkanes) is 1. The summed E-state index contributed by atoms with van der Waals surface area (Å²) in [6.07, 6.45) is 2.34. The Morgan fingerprint density at radius 2 is 1.88 bits per heavy atom. The summed E-state index contributed by atoms with van der Waals surface area (Å²) >= 11 is 10.1. The number of hydrogen-bond donors (Lipinski definition) is 1.